The molecule has 0 spiro atoms. The van der Waals surface area contributed by atoms with Gasteiger partial charge in [0.2, 0.25) is 0 Å². The molecule has 0 atom stereocenters. The summed E-state index contributed by atoms with van der Waals surface area (Å²) in [6, 6.07) is 61.8. The molecule has 242 valence electrons. The Hall–Kier alpha value is -6.62. The molecule has 0 N–H and O–H groups in total. The van der Waals surface area contributed by atoms with Gasteiger partial charge < -0.3 is 13.6 Å². The minimum atomic E-state index is 0.906. The van der Waals surface area contributed by atoms with E-state index < -0.39 is 0 Å². The molecule has 0 unspecified atom stereocenters. The highest BCUT2D eigenvalue weighted by molar-refractivity contribution is 7.26. The maximum absolute atomic E-state index is 6.24. The number of thiophene rings is 1. The normalized spacial score (nSPS) is 12.2. The van der Waals surface area contributed by atoms with E-state index >= 15 is 0 Å². The molecular weight excluding hydrogens is 653 g/mol. The van der Waals surface area contributed by atoms with E-state index in [1.54, 1.807) is 0 Å². The first-order valence-electron chi connectivity index (χ1n) is 17.7. The third-order valence-electron chi connectivity index (χ3n) is 10.9. The first-order chi connectivity index (χ1) is 25.8. The molecule has 0 fully saturated rings. The van der Waals surface area contributed by atoms with Crippen molar-refractivity contribution in [2.24, 2.45) is 0 Å². The second-order valence-corrected chi connectivity index (χ2v) is 14.8. The molecule has 0 saturated heterocycles. The SMILES string of the molecule is c1ccc(-c2ccc3c(c2)c2cc4c(cc2n3-c2ccc3oc5ccccc5c3c2)sc2cc3c(cc24)c2ccccc2n3-c2ccccc2)cc1. The predicted octanol–water partition coefficient (Wildman–Crippen LogP) is 13.8. The molecule has 4 aromatic heterocycles. The van der Waals surface area contributed by atoms with Crippen LogP contribution < -0.4 is 0 Å². The van der Waals surface area contributed by atoms with E-state index in [-0.39, 0.29) is 0 Å². The zero-order chi connectivity index (χ0) is 33.9. The average Bonchev–Trinajstić information content (AvgIpc) is 3.93. The first kappa shape index (κ1) is 28.1. The van der Waals surface area contributed by atoms with Crippen LogP contribution in [-0.2, 0) is 0 Å². The molecule has 3 nitrogen and oxygen atoms in total. The van der Waals surface area contributed by atoms with Gasteiger partial charge in [-0.3, -0.25) is 0 Å². The lowest BCUT2D eigenvalue weighted by atomic mass is 10.0. The number of benzene rings is 8. The Morgan fingerprint density at radius 3 is 1.71 bits per heavy atom. The molecule has 4 heteroatoms. The van der Waals surface area contributed by atoms with Crippen LogP contribution in [0.1, 0.15) is 0 Å². The van der Waals surface area contributed by atoms with Gasteiger partial charge in [-0.25, -0.2) is 0 Å². The number of hydrogen-bond donors (Lipinski definition) is 0. The summed E-state index contributed by atoms with van der Waals surface area (Å²) in [5.41, 5.74) is 11.4. The summed E-state index contributed by atoms with van der Waals surface area (Å²) in [7, 11) is 0. The van der Waals surface area contributed by atoms with Crippen LogP contribution in [0, 0.1) is 0 Å². The van der Waals surface area contributed by atoms with Crippen molar-refractivity contribution in [2.75, 3.05) is 0 Å². The fourth-order valence-electron chi connectivity index (χ4n) is 8.55. The highest BCUT2D eigenvalue weighted by Gasteiger charge is 2.20. The maximum atomic E-state index is 6.24. The van der Waals surface area contributed by atoms with Gasteiger partial charge in [0.05, 0.1) is 22.1 Å². The largest absolute Gasteiger partial charge is 0.456 e. The molecule has 0 amide bonds. The Morgan fingerprint density at radius 2 is 0.923 bits per heavy atom. The Morgan fingerprint density at radius 1 is 0.327 bits per heavy atom. The monoisotopic (exact) mass is 680 g/mol. The van der Waals surface area contributed by atoms with Crippen molar-refractivity contribution in [3.8, 4) is 22.5 Å². The second-order valence-electron chi connectivity index (χ2n) is 13.7. The Kier molecular flexibility index (Phi) is 5.65. The molecular formula is C48H28N2OS. The van der Waals surface area contributed by atoms with Crippen LogP contribution >= 0.6 is 11.3 Å². The van der Waals surface area contributed by atoms with Gasteiger partial charge in [-0.2, -0.15) is 0 Å². The topological polar surface area (TPSA) is 23.0 Å². The minimum absolute atomic E-state index is 0.906. The second kappa shape index (κ2) is 10.5. The third-order valence-corrected chi connectivity index (χ3v) is 12.0. The summed E-state index contributed by atoms with van der Waals surface area (Å²) in [5, 5.41) is 9.92. The molecule has 0 saturated carbocycles. The molecule has 0 aliphatic carbocycles. The number of aromatic nitrogens is 2. The van der Waals surface area contributed by atoms with Crippen LogP contribution in [0.25, 0.3) is 108 Å². The van der Waals surface area contributed by atoms with Gasteiger partial charge in [-0.15, -0.1) is 11.3 Å². The van der Waals surface area contributed by atoms with Gasteiger partial charge in [0.1, 0.15) is 11.2 Å². The zero-order valence-electron chi connectivity index (χ0n) is 27.9. The molecule has 0 bridgehead atoms. The van der Waals surface area contributed by atoms with Gasteiger partial charge >= 0.3 is 0 Å². The number of furan rings is 1. The number of fused-ring (bicyclic) bond motifs is 12. The van der Waals surface area contributed by atoms with E-state index in [0.29, 0.717) is 0 Å². The van der Waals surface area contributed by atoms with E-state index in [9.17, 15) is 0 Å². The van der Waals surface area contributed by atoms with E-state index in [1.165, 1.54) is 80.6 Å². The number of nitrogens with zero attached hydrogens (tertiary/aromatic N) is 2. The lowest BCUT2D eigenvalue weighted by molar-refractivity contribution is 0.669. The van der Waals surface area contributed by atoms with Crippen LogP contribution in [-0.4, -0.2) is 9.13 Å². The van der Waals surface area contributed by atoms with Gasteiger partial charge in [0.15, 0.2) is 0 Å². The van der Waals surface area contributed by atoms with Crippen molar-refractivity contribution < 1.29 is 4.42 Å². The summed E-state index contributed by atoms with van der Waals surface area (Å²) in [6.07, 6.45) is 0. The van der Waals surface area contributed by atoms with Crippen LogP contribution in [0.4, 0.5) is 0 Å². The molecule has 0 aliphatic heterocycles. The average molecular weight is 681 g/mol. The van der Waals surface area contributed by atoms with Crippen molar-refractivity contribution in [1.29, 1.82) is 0 Å². The molecule has 8 aromatic carbocycles. The number of hydrogen-bond acceptors (Lipinski definition) is 2. The van der Waals surface area contributed by atoms with E-state index in [0.717, 1.165) is 27.6 Å². The molecule has 12 rings (SSSR count). The number of rotatable bonds is 3. The Labute approximate surface area is 301 Å². The van der Waals surface area contributed by atoms with Crippen LogP contribution in [0.5, 0.6) is 0 Å². The molecule has 52 heavy (non-hydrogen) atoms. The van der Waals surface area contributed by atoms with Crippen molar-refractivity contribution in [1.82, 2.24) is 9.13 Å². The first-order valence-corrected chi connectivity index (χ1v) is 18.5. The van der Waals surface area contributed by atoms with Crippen LogP contribution in [0.2, 0.25) is 0 Å². The van der Waals surface area contributed by atoms with Crippen molar-refractivity contribution in [3.05, 3.63) is 170 Å². The lowest BCUT2D eigenvalue weighted by Gasteiger charge is -2.09. The van der Waals surface area contributed by atoms with Gasteiger partial charge in [0, 0.05) is 63.9 Å². The van der Waals surface area contributed by atoms with Crippen molar-refractivity contribution in [2.45, 2.75) is 0 Å². The summed E-state index contributed by atoms with van der Waals surface area (Å²) in [4.78, 5) is 0. The van der Waals surface area contributed by atoms with E-state index in [4.69, 9.17) is 4.42 Å². The fraction of sp³-hybridized carbons (Fsp3) is 0. The maximum Gasteiger partial charge on any atom is 0.135 e. The summed E-state index contributed by atoms with van der Waals surface area (Å²) in [5.74, 6) is 0. The molecule has 0 radical (unpaired) electrons. The highest BCUT2D eigenvalue weighted by atomic mass is 32.1. The summed E-state index contributed by atoms with van der Waals surface area (Å²) in [6.45, 7) is 0. The Balaban J connectivity index is 1.17. The van der Waals surface area contributed by atoms with Crippen molar-refractivity contribution >= 4 is 97.1 Å². The molecule has 4 heterocycles. The third kappa shape index (κ3) is 3.90. The van der Waals surface area contributed by atoms with Crippen LogP contribution in [0.3, 0.4) is 0 Å². The van der Waals surface area contributed by atoms with Gasteiger partial charge in [-0.1, -0.05) is 91.0 Å². The minimum Gasteiger partial charge on any atom is -0.456 e. The van der Waals surface area contributed by atoms with Crippen molar-refractivity contribution in [3.63, 3.8) is 0 Å². The predicted molar refractivity (Wildman–Crippen MR) is 221 cm³/mol. The zero-order valence-corrected chi connectivity index (χ0v) is 28.7. The van der Waals surface area contributed by atoms with E-state index in [2.05, 4.69) is 167 Å². The summed E-state index contributed by atoms with van der Waals surface area (Å²) >= 11 is 1.88. The quantitative estimate of drug-likeness (QED) is 0.182. The summed E-state index contributed by atoms with van der Waals surface area (Å²) < 4.78 is 13.7. The highest BCUT2D eigenvalue weighted by Crippen LogP contribution is 2.45. The van der Waals surface area contributed by atoms with E-state index in [1.807, 2.05) is 23.5 Å². The number of para-hydroxylation sites is 3. The van der Waals surface area contributed by atoms with Crippen LogP contribution in [0.15, 0.2) is 174 Å². The standard InChI is InChI=1S/C48H28N2OS/c1-3-11-29(12-4-1)30-19-21-42-35(23-30)37-26-40-39-25-36-33-15-7-9-17-41(33)49(31-13-5-2-6-14-31)43(36)27-47(39)52-48(40)28-44(37)50(42)32-20-22-46-38(24-32)34-16-8-10-18-45(34)51-46/h1-28H. The lowest BCUT2D eigenvalue weighted by Crippen LogP contribution is -1.93. The molecule has 0 aliphatic rings. The molecule has 12 aromatic rings. The van der Waals surface area contributed by atoms with Gasteiger partial charge in [0.25, 0.3) is 0 Å². The Bertz CT molecular complexity index is 3400. The van der Waals surface area contributed by atoms with Gasteiger partial charge in [-0.05, 0) is 90.0 Å². The fourth-order valence-corrected chi connectivity index (χ4v) is 9.68. The smallest absolute Gasteiger partial charge is 0.135 e.